The minimum Gasteiger partial charge on any atom is -0.370 e. The van der Waals surface area contributed by atoms with Crippen molar-refractivity contribution in [2.45, 2.75) is 57.7 Å². The molecule has 0 radical (unpaired) electrons. The molecule has 2 aliphatic rings. The van der Waals surface area contributed by atoms with Crippen molar-refractivity contribution in [2.24, 2.45) is 5.92 Å². The molecule has 0 aromatic carbocycles. The number of Topliss-reactive ketones (excluding diaryl/α,β-unsaturated/α-hetero) is 1. The monoisotopic (exact) mass is 208 g/mol. The highest BCUT2D eigenvalue weighted by molar-refractivity contribution is 5.82. The molecule has 2 rings (SSSR count). The minimum absolute atomic E-state index is 0.164. The van der Waals surface area contributed by atoms with E-state index in [1.165, 1.54) is 24.8 Å². The molecular weight excluding hydrogens is 188 g/mol. The molecule has 84 valence electrons. The van der Waals surface area contributed by atoms with Crippen LogP contribution in [-0.2, 0) is 9.53 Å². The summed E-state index contributed by atoms with van der Waals surface area (Å²) in [6.45, 7) is 6.32. The number of hydrogen-bond acceptors (Lipinski definition) is 2. The Hall–Kier alpha value is -0.630. The molecule has 15 heavy (non-hydrogen) atoms. The lowest BCUT2D eigenvalue weighted by atomic mass is 9.94. The molecule has 0 aromatic heterocycles. The van der Waals surface area contributed by atoms with Crippen molar-refractivity contribution in [3.05, 3.63) is 12.2 Å². The van der Waals surface area contributed by atoms with Crippen LogP contribution < -0.4 is 0 Å². The van der Waals surface area contributed by atoms with E-state index in [1.54, 1.807) is 0 Å². The lowest BCUT2D eigenvalue weighted by molar-refractivity contribution is -0.118. The number of carbonyl (C=O) groups is 1. The van der Waals surface area contributed by atoms with Crippen molar-refractivity contribution in [1.82, 2.24) is 0 Å². The molecular formula is C13H20O2. The predicted molar refractivity (Wildman–Crippen MR) is 59.7 cm³/mol. The number of ether oxygens (including phenoxy) is 1. The Morgan fingerprint density at radius 3 is 2.87 bits per heavy atom. The fraction of sp³-hybridized carbons (Fsp3) is 0.769. The van der Waals surface area contributed by atoms with Crippen LogP contribution in [0.1, 0.15) is 45.4 Å². The van der Waals surface area contributed by atoms with Gasteiger partial charge in [0.05, 0.1) is 12.2 Å². The molecule has 1 saturated carbocycles. The summed E-state index contributed by atoms with van der Waals surface area (Å²) in [5.74, 6) is 0.683. The molecule has 2 nitrogen and oxygen atoms in total. The van der Waals surface area contributed by atoms with Crippen molar-refractivity contribution in [3.8, 4) is 0 Å². The summed E-state index contributed by atoms with van der Waals surface area (Å²) in [4.78, 5) is 11.2. The zero-order valence-electron chi connectivity index (χ0n) is 9.50. The Morgan fingerprint density at radius 2 is 2.20 bits per heavy atom. The van der Waals surface area contributed by atoms with Crippen molar-refractivity contribution >= 4 is 5.78 Å². The van der Waals surface area contributed by atoms with Crippen molar-refractivity contribution in [2.75, 3.05) is 0 Å². The Balaban J connectivity index is 1.86. The van der Waals surface area contributed by atoms with Crippen LogP contribution in [0, 0.1) is 5.92 Å². The molecule has 2 heteroatoms. The number of hydrogen-bond donors (Lipinski definition) is 0. The molecule has 2 fully saturated rings. The molecule has 0 spiro atoms. The molecule has 0 N–H and O–H groups in total. The highest BCUT2D eigenvalue weighted by Crippen LogP contribution is 2.41. The first-order valence-electron chi connectivity index (χ1n) is 6.08. The molecule has 3 atom stereocenters. The molecule has 1 aliphatic carbocycles. The van der Waals surface area contributed by atoms with Gasteiger partial charge >= 0.3 is 0 Å². The SMILES string of the molecule is C=C1C(CCCCC)OC2CC(=O)CC12. The van der Waals surface area contributed by atoms with Crippen LogP contribution in [0.2, 0.25) is 0 Å². The average molecular weight is 208 g/mol. The van der Waals surface area contributed by atoms with E-state index in [-0.39, 0.29) is 12.2 Å². The van der Waals surface area contributed by atoms with Crippen molar-refractivity contribution < 1.29 is 9.53 Å². The summed E-state index contributed by atoms with van der Waals surface area (Å²) in [5.41, 5.74) is 1.18. The van der Waals surface area contributed by atoms with Crippen LogP contribution in [0.4, 0.5) is 0 Å². The zero-order chi connectivity index (χ0) is 10.8. The summed E-state index contributed by atoms with van der Waals surface area (Å²) in [7, 11) is 0. The molecule has 1 heterocycles. The largest absolute Gasteiger partial charge is 0.370 e. The van der Waals surface area contributed by atoms with E-state index in [2.05, 4.69) is 13.5 Å². The maximum atomic E-state index is 11.2. The van der Waals surface area contributed by atoms with E-state index in [0.29, 0.717) is 24.5 Å². The van der Waals surface area contributed by atoms with E-state index in [0.717, 1.165) is 6.42 Å². The van der Waals surface area contributed by atoms with Gasteiger partial charge in [-0.1, -0.05) is 32.8 Å². The van der Waals surface area contributed by atoms with Crippen LogP contribution >= 0.6 is 0 Å². The van der Waals surface area contributed by atoms with Crippen LogP contribution in [-0.4, -0.2) is 18.0 Å². The predicted octanol–water partition coefficient (Wildman–Crippen LogP) is 2.87. The van der Waals surface area contributed by atoms with Crippen molar-refractivity contribution in [3.63, 3.8) is 0 Å². The second kappa shape index (κ2) is 4.48. The van der Waals surface area contributed by atoms with E-state index < -0.39 is 0 Å². The van der Waals surface area contributed by atoms with Gasteiger partial charge in [0.25, 0.3) is 0 Å². The summed E-state index contributed by atoms with van der Waals surface area (Å²) in [5, 5.41) is 0. The highest BCUT2D eigenvalue weighted by atomic mass is 16.5. The second-order valence-corrected chi connectivity index (χ2v) is 4.79. The van der Waals surface area contributed by atoms with E-state index in [4.69, 9.17) is 4.74 Å². The van der Waals surface area contributed by atoms with Gasteiger partial charge in [-0.05, 0) is 12.0 Å². The van der Waals surface area contributed by atoms with E-state index in [1.807, 2.05) is 0 Å². The fourth-order valence-corrected chi connectivity index (χ4v) is 2.71. The zero-order valence-corrected chi connectivity index (χ0v) is 9.50. The number of carbonyl (C=O) groups excluding carboxylic acids is 1. The van der Waals surface area contributed by atoms with Gasteiger partial charge < -0.3 is 4.74 Å². The normalized spacial score (nSPS) is 34.9. The lowest BCUT2D eigenvalue weighted by Gasteiger charge is -2.12. The molecule has 1 aliphatic heterocycles. The van der Waals surface area contributed by atoms with Crippen LogP contribution in [0.3, 0.4) is 0 Å². The number of fused-ring (bicyclic) bond motifs is 1. The first kappa shape index (κ1) is 10.9. The van der Waals surface area contributed by atoms with Gasteiger partial charge in [-0.25, -0.2) is 0 Å². The minimum atomic E-state index is 0.164. The van der Waals surface area contributed by atoms with Gasteiger partial charge in [-0.2, -0.15) is 0 Å². The standard InChI is InChI=1S/C13H20O2/c1-3-4-5-6-12-9(2)11-7-10(14)8-13(11)15-12/h11-13H,2-8H2,1H3. The first-order valence-corrected chi connectivity index (χ1v) is 6.08. The molecule has 1 saturated heterocycles. The van der Waals surface area contributed by atoms with Gasteiger partial charge in [0.15, 0.2) is 0 Å². The number of unbranched alkanes of at least 4 members (excludes halogenated alkanes) is 2. The smallest absolute Gasteiger partial charge is 0.136 e. The first-order chi connectivity index (χ1) is 7.22. The van der Waals surface area contributed by atoms with Gasteiger partial charge in [0, 0.05) is 18.8 Å². The molecule has 0 amide bonds. The maximum absolute atomic E-state index is 11.2. The van der Waals surface area contributed by atoms with Gasteiger partial charge in [-0.3, -0.25) is 4.79 Å². The van der Waals surface area contributed by atoms with E-state index in [9.17, 15) is 4.79 Å². The third kappa shape index (κ3) is 2.15. The highest BCUT2D eigenvalue weighted by Gasteiger charge is 2.44. The maximum Gasteiger partial charge on any atom is 0.136 e. The summed E-state index contributed by atoms with van der Waals surface area (Å²) in [6, 6.07) is 0. The Labute approximate surface area is 91.7 Å². The van der Waals surface area contributed by atoms with Gasteiger partial charge in [-0.15, -0.1) is 0 Å². The summed E-state index contributed by atoms with van der Waals surface area (Å²) < 4.78 is 5.89. The Kier molecular flexibility index (Phi) is 3.25. The molecule has 0 aromatic rings. The van der Waals surface area contributed by atoms with E-state index >= 15 is 0 Å². The molecule has 3 unspecified atom stereocenters. The fourth-order valence-electron chi connectivity index (χ4n) is 2.71. The summed E-state index contributed by atoms with van der Waals surface area (Å²) in [6.07, 6.45) is 6.51. The molecule has 0 bridgehead atoms. The third-order valence-corrected chi connectivity index (χ3v) is 3.62. The topological polar surface area (TPSA) is 26.3 Å². The van der Waals surface area contributed by atoms with Crippen LogP contribution in [0.15, 0.2) is 12.2 Å². The Morgan fingerprint density at radius 1 is 1.40 bits per heavy atom. The number of ketones is 1. The average Bonchev–Trinajstić information content (AvgIpc) is 2.68. The van der Waals surface area contributed by atoms with Crippen LogP contribution in [0.5, 0.6) is 0 Å². The quantitative estimate of drug-likeness (QED) is 0.524. The van der Waals surface area contributed by atoms with Crippen LogP contribution in [0.25, 0.3) is 0 Å². The van der Waals surface area contributed by atoms with Gasteiger partial charge in [0.1, 0.15) is 5.78 Å². The Bertz CT molecular complexity index is 270. The third-order valence-electron chi connectivity index (χ3n) is 3.62. The number of rotatable bonds is 4. The van der Waals surface area contributed by atoms with Gasteiger partial charge in [0.2, 0.25) is 0 Å². The second-order valence-electron chi connectivity index (χ2n) is 4.79. The van der Waals surface area contributed by atoms with Crippen molar-refractivity contribution in [1.29, 1.82) is 0 Å². The summed E-state index contributed by atoms with van der Waals surface area (Å²) >= 11 is 0. The lowest BCUT2D eigenvalue weighted by Crippen LogP contribution is -2.12.